The summed E-state index contributed by atoms with van der Waals surface area (Å²) in [4.78, 5) is 0. The van der Waals surface area contributed by atoms with E-state index in [2.05, 4.69) is 11.3 Å². The molecule has 0 aromatic rings. The smallest absolute Gasteiger partial charge is 0.213 e. The molecule has 0 spiro atoms. The van der Waals surface area contributed by atoms with Crippen LogP contribution in [0.2, 0.25) is 0 Å². The van der Waals surface area contributed by atoms with Crippen LogP contribution in [0.25, 0.3) is 0 Å². The molecule has 0 atom stereocenters. The second-order valence-corrected chi connectivity index (χ2v) is 7.41. The maximum atomic E-state index is 11.2. The van der Waals surface area contributed by atoms with Crippen LogP contribution in [0.4, 0.5) is 0 Å². The van der Waals surface area contributed by atoms with Crippen molar-refractivity contribution in [3.8, 4) is 0 Å². The Morgan fingerprint density at radius 2 is 1.75 bits per heavy atom. The maximum Gasteiger partial charge on any atom is 0.233 e. The quantitative estimate of drug-likeness (QED) is 0.743. The summed E-state index contributed by atoms with van der Waals surface area (Å²) in [5.74, 6) is 0. The number of piperidine rings is 1. The Balaban J connectivity index is 2.54. The van der Waals surface area contributed by atoms with E-state index < -0.39 is 20.0 Å². The first-order valence-corrected chi connectivity index (χ1v) is 8.24. The second-order valence-electron chi connectivity index (χ2n) is 3.77. The van der Waals surface area contributed by atoms with Gasteiger partial charge in [-0.1, -0.05) is 6.58 Å². The van der Waals surface area contributed by atoms with Crippen molar-refractivity contribution < 1.29 is 16.8 Å². The average Bonchev–Trinajstić information content (AvgIpc) is 2.16. The van der Waals surface area contributed by atoms with E-state index in [-0.39, 0.29) is 6.04 Å². The lowest BCUT2D eigenvalue weighted by Gasteiger charge is -2.30. The van der Waals surface area contributed by atoms with Crippen molar-refractivity contribution in [1.29, 1.82) is 0 Å². The lowest BCUT2D eigenvalue weighted by molar-refractivity contribution is 0.310. The van der Waals surface area contributed by atoms with Gasteiger partial charge in [0.25, 0.3) is 0 Å². The molecule has 1 saturated heterocycles. The van der Waals surface area contributed by atoms with Crippen molar-refractivity contribution >= 4 is 20.0 Å². The van der Waals surface area contributed by atoms with Crippen LogP contribution in [0.5, 0.6) is 0 Å². The standard InChI is InChI=1S/C8H16N2O4S2/c1-3-16(13,14)9-8-4-6-10(7-5-8)15(2,11)12/h3,8-9H,1,4-7H2,2H3. The van der Waals surface area contributed by atoms with Crippen LogP contribution in [-0.4, -0.2) is 46.5 Å². The van der Waals surface area contributed by atoms with Gasteiger partial charge in [-0.25, -0.2) is 25.9 Å². The van der Waals surface area contributed by atoms with Crippen LogP contribution in [0.15, 0.2) is 12.0 Å². The summed E-state index contributed by atoms with van der Waals surface area (Å²) in [6, 6.07) is -0.207. The lowest BCUT2D eigenvalue weighted by Crippen LogP contribution is -2.45. The molecule has 1 aliphatic heterocycles. The van der Waals surface area contributed by atoms with Gasteiger partial charge in [-0.05, 0) is 12.8 Å². The van der Waals surface area contributed by atoms with Gasteiger partial charge < -0.3 is 0 Å². The third kappa shape index (κ3) is 3.85. The van der Waals surface area contributed by atoms with Crippen LogP contribution in [0.1, 0.15) is 12.8 Å². The molecule has 0 radical (unpaired) electrons. The number of sulfonamides is 2. The van der Waals surface area contributed by atoms with E-state index in [9.17, 15) is 16.8 Å². The molecule has 0 aromatic carbocycles. The number of hydrogen-bond donors (Lipinski definition) is 1. The molecule has 1 fully saturated rings. The minimum Gasteiger partial charge on any atom is -0.213 e. The van der Waals surface area contributed by atoms with Gasteiger partial charge in [0.05, 0.1) is 6.26 Å². The van der Waals surface area contributed by atoms with Crippen molar-refractivity contribution in [2.45, 2.75) is 18.9 Å². The second kappa shape index (κ2) is 4.82. The maximum absolute atomic E-state index is 11.2. The average molecular weight is 268 g/mol. The van der Waals surface area contributed by atoms with Gasteiger partial charge in [0.1, 0.15) is 0 Å². The molecule has 94 valence electrons. The molecule has 0 unspecified atom stereocenters. The van der Waals surface area contributed by atoms with Crippen molar-refractivity contribution in [1.82, 2.24) is 9.03 Å². The Labute approximate surface area is 96.4 Å². The van der Waals surface area contributed by atoms with E-state index >= 15 is 0 Å². The van der Waals surface area contributed by atoms with Gasteiger partial charge in [-0.15, -0.1) is 0 Å². The lowest BCUT2D eigenvalue weighted by atomic mass is 10.1. The number of hydrogen-bond acceptors (Lipinski definition) is 4. The molecule has 0 aliphatic carbocycles. The summed E-state index contributed by atoms with van der Waals surface area (Å²) in [6.45, 7) is 3.90. The fraction of sp³-hybridized carbons (Fsp3) is 0.750. The minimum absolute atomic E-state index is 0.207. The van der Waals surface area contributed by atoms with Crippen LogP contribution in [0, 0.1) is 0 Å². The van der Waals surface area contributed by atoms with Crippen LogP contribution < -0.4 is 4.72 Å². The van der Waals surface area contributed by atoms with Crippen molar-refractivity contribution in [2.75, 3.05) is 19.3 Å². The van der Waals surface area contributed by atoms with Gasteiger partial charge >= 0.3 is 0 Å². The van der Waals surface area contributed by atoms with E-state index in [1.807, 2.05) is 0 Å². The molecule has 1 rings (SSSR count). The molecule has 8 heteroatoms. The van der Waals surface area contributed by atoms with Crippen molar-refractivity contribution in [2.24, 2.45) is 0 Å². The predicted molar refractivity (Wildman–Crippen MR) is 61.7 cm³/mol. The molecule has 0 aromatic heterocycles. The monoisotopic (exact) mass is 268 g/mol. The summed E-state index contributed by atoms with van der Waals surface area (Å²) >= 11 is 0. The van der Waals surface area contributed by atoms with Gasteiger partial charge in [-0.3, -0.25) is 0 Å². The molecular weight excluding hydrogens is 252 g/mol. The van der Waals surface area contributed by atoms with Crippen molar-refractivity contribution in [3.05, 3.63) is 12.0 Å². The minimum atomic E-state index is -3.43. The normalized spacial score (nSPS) is 20.8. The molecule has 1 heterocycles. The number of nitrogens with one attached hydrogen (secondary N) is 1. The fourth-order valence-corrected chi connectivity index (χ4v) is 3.26. The van der Waals surface area contributed by atoms with E-state index in [1.54, 1.807) is 0 Å². The third-order valence-corrected chi connectivity index (χ3v) is 4.88. The first-order chi connectivity index (χ1) is 7.24. The van der Waals surface area contributed by atoms with Gasteiger partial charge in [0.15, 0.2) is 0 Å². The molecule has 6 nitrogen and oxygen atoms in total. The van der Waals surface area contributed by atoms with Gasteiger partial charge in [-0.2, -0.15) is 0 Å². The molecule has 0 saturated carbocycles. The van der Waals surface area contributed by atoms with Crippen molar-refractivity contribution in [3.63, 3.8) is 0 Å². The highest BCUT2D eigenvalue weighted by Crippen LogP contribution is 2.13. The largest absolute Gasteiger partial charge is 0.233 e. The molecule has 0 bridgehead atoms. The van der Waals surface area contributed by atoms with Crippen LogP contribution >= 0.6 is 0 Å². The highest BCUT2D eigenvalue weighted by Gasteiger charge is 2.26. The van der Waals surface area contributed by atoms with E-state index in [1.165, 1.54) is 4.31 Å². The van der Waals surface area contributed by atoms with Gasteiger partial charge in [0.2, 0.25) is 20.0 Å². The first kappa shape index (κ1) is 13.6. The Kier molecular flexibility index (Phi) is 4.11. The van der Waals surface area contributed by atoms with E-state index in [4.69, 9.17) is 0 Å². The summed E-state index contributed by atoms with van der Waals surface area (Å²) in [5.41, 5.74) is 0. The zero-order valence-electron chi connectivity index (χ0n) is 9.09. The molecule has 1 N–H and O–H groups in total. The highest BCUT2D eigenvalue weighted by atomic mass is 32.2. The Morgan fingerprint density at radius 3 is 2.12 bits per heavy atom. The number of nitrogens with zero attached hydrogens (tertiary/aromatic N) is 1. The Hall–Kier alpha value is -0.440. The van der Waals surface area contributed by atoms with Gasteiger partial charge in [0, 0.05) is 24.5 Å². The molecular formula is C8H16N2O4S2. The predicted octanol–water partition coefficient (Wildman–Crippen LogP) is -0.527. The first-order valence-electron chi connectivity index (χ1n) is 4.84. The molecule has 16 heavy (non-hydrogen) atoms. The van der Waals surface area contributed by atoms with Crippen LogP contribution in [0.3, 0.4) is 0 Å². The summed E-state index contributed by atoms with van der Waals surface area (Å²) in [7, 11) is -6.59. The highest BCUT2D eigenvalue weighted by molar-refractivity contribution is 7.92. The topological polar surface area (TPSA) is 83.6 Å². The SMILES string of the molecule is C=CS(=O)(=O)NC1CCN(S(C)(=O)=O)CC1. The zero-order chi connectivity index (χ0) is 12.4. The summed E-state index contributed by atoms with van der Waals surface area (Å²) in [5, 5.41) is 0.857. The molecule has 0 amide bonds. The number of rotatable bonds is 4. The zero-order valence-corrected chi connectivity index (χ0v) is 10.7. The molecule has 1 aliphatic rings. The Morgan fingerprint density at radius 1 is 1.25 bits per heavy atom. The fourth-order valence-electron chi connectivity index (χ4n) is 1.59. The van der Waals surface area contributed by atoms with Crippen LogP contribution in [-0.2, 0) is 20.0 Å². The third-order valence-electron chi connectivity index (χ3n) is 2.47. The summed E-state index contributed by atoms with van der Waals surface area (Å²) in [6.07, 6.45) is 2.13. The summed E-state index contributed by atoms with van der Waals surface area (Å²) < 4.78 is 48.6. The van der Waals surface area contributed by atoms with E-state index in [0.29, 0.717) is 25.9 Å². The van der Waals surface area contributed by atoms with E-state index in [0.717, 1.165) is 11.7 Å². The Bertz CT molecular complexity index is 446.